The maximum Gasteiger partial charge on any atom is 0.237 e. The molecule has 6 heteroatoms. The molecule has 1 heterocycles. The topological polar surface area (TPSA) is 87.5 Å². The number of rotatable bonds is 15. The molecule has 202 valence electrons. The summed E-state index contributed by atoms with van der Waals surface area (Å²) in [6.07, 6.45) is 11.7. The van der Waals surface area contributed by atoms with Gasteiger partial charge in [0, 0.05) is 31.6 Å². The summed E-state index contributed by atoms with van der Waals surface area (Å²) in [5.41, 5.74) is 7.69. The number of nitrogens with two attached hydrogens (primary N) is 1. The fourth-order valence-electron chi connectivity index (χ4n) is 5.93. The van der Waals surface area contributed by atoms with E-state index < -0.39 is 6.04 Å². The highest BCUT2D eigenvalue weighted by atomic mass is 16.2. The van der Waals surface area contributed by atoms with Crippen LogP contribution in [0.1, 0.15) is 83.6 Å². The van der Waals surface area contributed by atoms with Gasteiger partial charge in [-0.1, -0.05) is 63.4 Å². The first-order chi connectivity index (χ1) is 17.4. The summed E-state index contributed by atoms with van der Waals surface area (Å²) in [7, 11) is 0. The van der Waals surface area contributed by atoms with E-state index in [4.69, 9.17) is 5.73 Å². The second-order valence-corrected chi connectivity index (χ2v) is 11.5. The van der Waals surface area contributed by atoms with Crippen LogP contribution in [0.3, 0.4) is 0 Å². The van der Waals surface area contributed by atoms with E-state index in [1.165, 1.54) is 12.0 Å². The van der Waals surface area contributed by atoms with Crippen molar-refractivity contribution in [2.24, 2.45) is 17.6 Å². The van der Waals surface area contributed by atoms with Crippen molar-refractivity contribution in [1.29, 1.82) is 0 Å². The number of benzene rings is 1. The first kappa shape index (κ1) is 28.8. The number of aryl methyl sites for hydroxylation is 1. The molecule has 1 aromatic rings. The zero-order chi connectivity index (χ0) is 25.8. The van der Waals surface area contributed by atoms with Gasteiger partial charge in [0.15, 0.2) is 5.78 Å². The molecule has 36 heavy (non-hydrogen) atoms. The molecule has 0 radical (unpaired) electrons. The van der Waals surface area contributed by atoms with Gasteiger partial charge in [0.25, 0.3) is 0 Å². The van der Waals surface area contributed by atoms with Gasteiger partial charge in [-0.2, -0.15) is 0 Å². The summed E-state index contributed by atoms with van der Waals surface area (Å²) in [5, 5.41) is 6.80. The van der Waals surface area contributed by atoms with Crippen LogP contribution < -0.4 is 16.4 Å². The number of hydrogen-bond acceptors (Lipinski definition) is 5. The van der Waals surface area contributed by atoms with E-state index >= 15 is 0 Å². The molecule has 3 rings (SSSR count). The van der Waals surface area contributed by atoms with Gasteiger partial charge < -0.3 is 16.4 Å². The van der Waals surface area contributed by atoms with Crippen molar-refractivity contribution < 1.29 is 9.59 Å². The largest absolute Gasteiger partial charge is 0.355 e. The Morgan fingerprint density at radius 1 is 1.03 bits per heavy atom. The summed E-state index contributed by atoms with van der Waals surface area (Å²) >= 11 is 0. The monoisotopic (exact) mass is 498 g/mol. The summed E-state index contributed by atoms with van der Waals surface area (Å²) in [6, 6.07) is 10.3. The van der Waals surface area contributed by atoms with Crippen LogP contribution in [0.25, 0.3) is 0 Å². The molecule has 0 unspecified atom stereocenters. The number of Topliss-reactive ketones (excluding diaryl/α,β-unsaturated/α-hetero) is 1. The van der Waals surface area contributed by atoms with Gasteiger partial charge in [-0.25, -0.2) is 0 Å². The number of ketones is 1. The Morgan fingerprint density at radius 2 is 1.78 bits per heavy atom. The molecule has 3 atom stereocenters. The van der Waals surface area contributed by atoms with Crippen LogP contribution in [0.2, 0.25) is 0 Å². The Bertz CT molecular complexity index is 778. The fraction of sp³-hybridized carbons (Fsp3) is 0.733. The van der Waals surface area contributed by atoms with E-state index in [9.17, 15) is 9.59 Å². The second-order valence-electron chi connectivity index (χ2n) is 11.5. The minimum absolute atomic E-state index is 0.0480. The molecule has 1 amide bonds. The number of amides is 1. The van der Waals surface area contributed by atoms with E-state index in [1.54, 1.807) is 0 Å². The lowest BCUT2D eigenvalue weighted by atomic mass is 9.84. The number of carbonyl (C=O) groups is 2. The number of nitrogens with one attached hydrogen (secondary N) is 2. The minimum atomic E-state index is -0.434. The first-order valence-corrected chi connectivity index (χ1v) is 14.5. The van der Waals surface area contributed by atoms with E-state index in [2.05, 4.69) is 53.6 Å². The molecule has 1 aliphatic heterocycles. The summed E-state index contributed by atoms with van der Waals surface area (Å²) in [5.74, 6) is 1.08. The van der Waals surface area contributed by atoms with Gasteiger partial charge in [0.1, 0.15) is 0 Å². The SMILES string of the molecule is CC(C)C[C@H](CN1CCC[C@H]1C(=O)NCCCCc1ccccc1)NC[C@H](N)C(=O)C1CCCCC1. The third-order valence-electron chi connectivity index (χ3n) is 7.91. The number of carbonyl (C=O) groups excluding carboxylic acids is 2. The Balaban J connectivity index is 1.42. The van der Waals surface area contributed by atoms with Crippen molar-refractivity contribution in [2.75, 3.05) is 26.2 Å². The van der Waals surface area contributed by atoms with Gasteiger partial charge >= 0.3 is 0 Å². The van der Waals surface area contributed by atoms with Crippen molar-refractivity contribution in [2.45, 2.75) is 103 Å². The zero-order valence-electron chi connectivity index (χ0n) is 22.7. The lowest BCUT2D eigenvalue weighted by molar-refractivity contribution is -0.125. The van der Waals surface area contributed by atoms with Crippen LogP contribution in [0, 0.1) is 11.8 Å². The molecule has 6 nitrogen and oxygen atoms in total. The number of likely N-dealkylation sites (tertiary alicyclic amines) is 1. The van der Waals surface area contributed by atoms with E-state index in [-0.39, 0.29) is 29.7 Å². The highest BCUT2D eigenvalue weighted by Gasteiger charge is 2.32. The maximum absolute atomic E-state index is 13.0. The van der Waals surface area contributed by atoms with Crippen molar-refractivity contribution in [1.82, 2.24) is 15.5 Å². The van der Waals surface area contributed by atoms with Crippen molar-refractivity contribution >= 4 is 11.7 Å². The molecule has 1 aromatic carbocycles. The minimum Gasteiger partial charge on any atom is -0.355 e. The van der Waals surface area contributed by atoms with Gasteiger partial charge in [-0.15, -0.1) is 0 Å². The van der Waals surface area contributed by atoms with Crippen LogP contribution in [0.15, 0.2) is 30.3 Å². The predicted molar refractivity (Wildman–Crippen MR) is 148 cm³/mol. The Labute approximate surface area is 219 Å². The highest BCUT2D eigenvalue weighted by Crippen LogP contribution is 2.25. The van der Waals surface area contributed by atoms with Gasteiger partial charge in [0.05, 0.1) is 12.1 Å². The molecule has 2 fully saturated rings. The van der Waals surface area contributed by atoms with Crippen LogP contribution >= 0.6 is 0 Å². The Morgan fingerprint density at radius 3 is 2.50 bits per heavy atom. The maximum atomic E-state index is 13.0. The predicted octanol–water partition coefficient (Wildman–Crippen LogP) is 4.07. The molecule has 1 aliphatic carbocycles. The fourth-order valence-corrected chi connectivity index (χ4v) is 5.93. The molecule has 0 bridgehead atoms. The first-order valence-electron chi connectivity index (χ1n) is 14.5. The van der Waals surface area contributed by atoms with Gasteiger partial charge in [-0.3, -0.25) is 14.5 Å². The number of nitrogens with zero attached hydrogens (tertiary/aromatic N) is 1. The van der Waals surface area contributed by atoms with E-state index in [1.807, 2.05) is 6.07 Å². The van der Waals surface area contributed by atoms with E-state index in [0.717, 1.165) is 83.8 Å². The lowest BCUT2D eigenvalue weighted by Crippen LogP contribution is -2.52. The second kappa shape index (κ2) is 15.5. The normalized spacial score (nSPS) is 20.9. The average molecular weight is 499 g/mol. The van der Waals surface area contributed by atoms with Crippen molar-refractivity contribution in [3.63, 3.8) is 0 Å². The summed E-state index contributed by atoms with van der Waals surface area (Å²) in [4.78, 5) is 28.1. The molecule has 4 N–H and O–H groups in total. The molecule has 2 aliphatic rings. The average Bonchev–Trinajstić information content (AvgIpc) is 3.35. The Hall–Kier alpha value is -1.76. The molecule has 0 spiro atoms. The smallest absolute Gasteiger partial charge is 0.237 e. The third kappa shape index (κ3) is 9.60. The molecular formula is C30H50N4O2. The third-order valence-corrected chi connectivity index (χ3v) is 7.91. The molecule has 1 saturated carbocycles. The van der Waals surface area contributed by atoms with Crippen LogP contribution in [0.4, 0.5) is 0 Å². The number of hydrogen-bond donors (Lipinski definition) is 3. The summed E-state index contributed by atoms with van der Waals surface area (Å²) < 4.78 is 0. The quantitative estimate of drug-likeness (QED) is 0.317. The van der Waals surface area contributed by atoms with Crippen molar-refractivity contribution in [3.8, 4) is 0 Å². The van der Waals surface area contributed by atoms with Crippen LogP contribution in [-0.2, 0) is 16.0 Å². The standard InChI is InChI=1S/C30H50N4O2/c1-23(2)20-26(33-21-27(31)29(35)25-15-7-4-8-16-25)22-34-19-11-17-28(34)30(36)32-18-10-9-14-24-12-5-3-6-13-24/h3,5-6,12-13,23,25-28,33H,4,7-11,14-22,31H2,1-2H3,(H,32,36)/t26-,27+,28+/m1/s1. The summed E-state index contributed by atoms with van der Waals surface area (Å²) in [6.45, 7) is 7.50. The van der Waals surface area contributed by atoms with Crippen LogP contribution in [0.5, 0.6) is 0 Å². The zero-order valence-corrected chi connectivity index (χ0v) is 22.7. The molecule has 1 saturated heterocycles. The lowest BCUT2D eigenvalue weighted by Gasteiger charge is -2.31. The molecular weight excluding hydrogens is 448 g/mol. The van der Waals surface area contributed by atoms with Gasteiger partial charge in [0.2, 0.25) is 5.91 Å². The Kier molecular flexibility index (Phi) is 12.4. The highest BCUT2D eigenvalue weighted by molar-refractivity contribution is 5.86. The molecule has 0 aromatic heterocycles. The number of unbranched alkanes of at least 4 members (excludes halogenated alkanes) is 1. The van der Waals surface area contributed by atoms with Crippen LogP contribution in [-0.4, -0.2) is 60.9 Å². The van der Waals surface area contributed by atoms with Crippen molar-refractivity contribution in [3.05, 3.63) is 35.9 Å². The van der Waals surface area contributed by atoms with Gasteiger partial charge in [-0.05, 0) is 69.4 Å². The van der Waals surface area contributed by atoms with E-state index in [0.29, 0.717) is 12.5 Å².